The Balaban J connectivity index is 1.77. The minimum Gasteiger partial charge on any atom is -0.342 e. The highest BCUT2D eigenvalue weighted by Gasteiger charge is 2.31. The quantitative estimate of drug-likeness (QED) is 0.861. The molecule has 0 bridgehead atoms. The van der Waals surface area contributed by atoms with Crippen LogP contribution in [-0.4, -0.2) is 43.6 Å². The zero-order valence-electron chi connectivity index (χ0n) is 15.6. The van der Waals surface area contributed by atoms with Crippen LogP contribution in [0.4, 0.5) is 0 Å². The van der Waals surface area contributed by atoms with Crippen molar-refractivity contribution in [2.24, 2.45) is 18.4 Å². The van der Waals surface area contributed by atoms with Crippen LogP contribution in [0.2, 0.25) is 0 Å². The lowest BCUT2D eigenvalue weighted by atomic mass is 9.89. The zero-order chi connectivity index (χ0) is 18.0. The number of aromatic nitrogens is 4. The average molecular weight is 341 g/mol. The van der Waals surface area contributed by atoms with E-state index in [0.29, 0.717) is 5.92 Å². The molecule has 6 nitrogen and oxygen atoms in total. The van der Waals surface area contributed by atoms with Gasteiger partial charge in [0.15, 0.2) is 0 Å². The summed E-state index contributed by atoms with van der Waals surface area (Å²) in [7, 11) is 1.91. The molecule has 0 saturated carbocycles. The fraction of sp³-hybridized carbons (Fsp3) is 0.579. The van der Waals surface area contributed by atoms with Gasteiger partial charge in [0.2, 0.25) is 5.91 Å². The third kappa shape index (κ3) is 3.89. The van der Waals surface area contributed by atoms with Gasteiger partial charge in [-0.3, -0.25) is 19.4 Å². The highest BCUT2D eigenvalue weighted by molar-refractivity contribution is 5.81. The second-order valence-electron chi connectivity index (χ2n) is 7.91. The van der Waals surface area contributed by atoms with Crippen LogP contribution in [0.15, 0.2) is 24.7 Å². The lowest BCUT2D eigenvalue weighted by Gasteiger charge is -2.36. The van der Waals surface area contributed by atoms with E-state index in [1.54, 1.807) is 18.6 Å². The molecule has 0 radical (unpaired) electrons. The van der Waals surface area contributed by atoms with Crippen LogP contribution in [0, 0.1) is 11.3 Å². The van der Waals surface area contributed by atoms with Gasteiger partial charge in [0.05, 0.1) is 11.4 Å². The number of amides is 1. The van der Waals surface area contributed by atoms with Crippen molar-refractivity contribution in [3.63, 3.8) is 0 Å². The van der Waals surface area contributed by atoms with E-state index in [2.05, 4.69) is 15.1 Å². The molecule has 1 aliphatic heterocycles. The van der Waals surface area contributed by atoms with E-state index in [4.69, 9.17) is 0 Å². The van der Waals surface area contributed by atoms with Gasteiger partial charge in [0.25, 0.3) is 0 Å². The number of hydrogen-bond acceptors (Lipinski definition) is 4. The maximum absolute atomic E-state index is 12.6. The van der Waals surface area contributed by atoms with Gasteiger partial charge < -0.3 is 4.90 Å². The van der Waals surface area contributed by atoms with E-state index in [9.17, 15) is 4.79 Å². The van der Waals surface area contributed by atoms with Crippen LogP contribution >= 0.6 is 0 Å². The van der Waals surface area contributed by atoms with Crippen LogP contribution in [0.3, 0.4) is 0 Å². The number of carbonyl (C=O) groups is 1. The summed E-state index contributed by atoms with van der Waals surface area (Å²) in [6.45, 7) is 7.63. The molecule has 1 aliphatic rings. The Bertz CT molecular complexity index is 746. The molecule has 1 fully saturated rings. The van der Waals surface area contributed by atoms with Crippen LogP contribution in [0.25, 0.3) is 11.4 Å². The van der Waals surface area contributed by atoms with E-state index < -0.39 is 0 Å². The van der Waals surface area contributed by atoms with Gasteiger partial charge >= 0.3 is 0 Å². The van der Waals surface area contributed by atoms with Crippen LogP contribution < -0.4 is 0 Å². The Morgan fingerprint density at radius 3 is 2.68 bits per heavy atom. The van der Waals surface area contributed by atoms with E-state index >= 15 is 0 Å². The zero-order valence-corrected chi connectivity index (χ0v) is 15.6. The molecule has 1 amide bonds. The van der Waals surface area contributed by atoms with Gasteiger partial charge in [-0.1, -0.05) is 20.8 Å². The molecule has 0 unspecified atom stereocenters. The van der Waals surface area contributed by atoms with E-state index in [1.165, 1.54) is 0 Å². The van der Waals surface area contributed by atoms with Gasteiger partial charge in [-0.05, 0) is 31.2 Å². The normalized spacial score (nSPS) is 18.4. The Kier molecular flexibility index (Phi) is 4.88. The number of piperidine rings is 1. The molecule has 134 valence electrons. The SMILES string of the molecule is Cn1nccc1-c1nccnc1C[C@H]1CCCN(C(=O)C(C)(C)C)C1. The summed E-state index contributed by atoms with van der Waals surface area (Å²) < 4.78 is 1.82. The summed E-state index contributed by atoms with van der Waals surface area (Å²) in [5.41, 5.74) is 2.53. The molecule has 25 heavy (non-hydrogen) atoms. The number of likely N-dealkylation sites (tertiary alicyclic amines) is 1. The van der Waals surface area contributed by atoms with Gasteiger partial charge in [-0.2, -0.15) is 5.10 Å². The molecular weight excluding hydrogens is 314 g/mol. The summed E-state index contributed by atoms with van der Waals surface area (Å²) >= 11 is 0. The Labute approximate surface area is 149 Å². The predicted octanol–water partition coefficient (Wildman–Crippen LogP) is 2.70. The maximum atomic E-state index is 12.6. The van der Waals surface area contributed by atoms with Crippen molar-refractivity contribution in [2.45, 2.75) is 40.0 Å². The van der Waals surface area contributed by atoms with Crippen molar-refractivity contribution in [2.75, 3.05) is 13.1 Å². The monoisotopic (exact) mass is 341 g/mol. The second kappa shape index (κ2) is 6.94. The molecule has 2 aromatic heterocycles. The highest BCUT2D eigenvalue weighted by Crippen LogP contribution is 2.27. The van der Waals surface area contributed by atoms with Gasteiger partial charge in [0.1, 0.15) is 5.69 Å². The molecule has 6 heteroatoms. The number of hydrogen-bond donors (Lipinski definition) is 0. The molecule has 0 aliphatic carbocycles. The molecule has 1 atom stereocenters. The average Bonchev–Trinajstić information content (AvgIpc) is 3.00. The first-order valence-electron chi connectivity index (χ1n) is 8.94. The minimum absolute atomic E-state index is 0.239. The fourth-order valence-electron chi connectivity index (χ4n) is 3.50. The van der Waals surface area contributed by atoms with Crippen molar-refractivity contribution < 1.29 is 4.79 Å². The van der Waals surface area contributed by atoms with Crippen molar-refractivity contribution >= 4 is 5.91 Å². The third-order valence-electron chi connectivity index (χ3n) is 4.77. The van der Waals surface area contributed by atoms with Crippen molar-refractivity contribution in [3.05, 3.63) is 30.4 Å². The standard InChI is InChI=1S/C19H27N5O/c1-19(2,3)18(25)24-11-5-6-14(13-24)12-15-17(21-10-9-20-15)16-7-8-22-23(16)4/h7-10,14H,5-6,11-13H2,1-4H3/t14-/m1/s1. The summed E-state index contributed by atoms with van der Waals surface area (Å²) in [4.78, 5) is 23.7. The Hall–Kier alpha value is -2.24. The van der Waals surface area contributed by atoms with Crippen LogP contribution in [-0.2, 0) is 18.3 Å². The van der Waals surface area contributed by atoms with E-state index in [1.807, 2.05) is 43.5 Å². The third-order valence-corrected chi connectivity index (χ3v) is 4.77. The summed E-state index contributed by atoms with van der Waals surface area (Å²) in [5, 5.41) is 4.24. The first kappa shape index (κ1) is 17.6. The fourth-order valence-corrected chi connectivity index (χ4v) is 3.50. The smallest absolute Gasteiger partial charge is 0.227 e. The van der Waals surface area contributed by atoms with Gasteiger partial charge in [-0.15, -0.1) is 0 Å². The molecule has 3 rings (SSSR count). The maximum Gasteiger partial charge on any atom is 0.227 e. The van der Waals surface area contributed by atoms with Crippen LogP contribution in [0.1, 0.15) is 39.3 Å². The minimum atomic E-state index is -0.325. The molecule has 3 heterocycles. The predicted molar refractivity (Wildman–Crippen MR) is 96.7 cm³/mol. The molecule has 0 spiro atoms. The lowest BCUT2D eigenvalue weighted by molar-refractivity contribution is -0.141. The first-order chi connectivity index (χ1) is 11.9. The number of carbonyl (C=O) groups excluding carboxylic acids is 1. The first-order valence-corrected chi connectivity index (χ1v) is 8.94. The van der Waals surface area contributed by atoms with Crippen LogP contribution in [0.5, 0.6) is 0 Å². The molecule has 1 saturated heterocycles. The Morgan fingerprint density at radius 2 is 2.00 bits per heavy atom. The summed E-state index contributed by atoms with van der Waals surface area (Å²) in [5.74, 6) is 0.659. The molecule has 2 aromatic rings. The highest BCUT2D eigenvalue weighted by atomic mass is 16.2. The largest absolute Gasteiger partial charge is 0.342 e. The molecular formula is C19H27N5O. The topological polar surface area (TPSA) is 63.9 Å². The van der Waals surface area contributed by atoms with Crippen molar-refractivity contribution in [3.8, 4) is 11.4 Å². The van der Waals surface area contributed by atoms with Gasteiger partial charge in [-0.25, -0.2) is 0 Å². The molecule has 0 aromatic carbocycles. The lowest BCUT2D eigenvalue weighted by Crippen LogP contribution is -2.45. The Morgan fingerprint density at radius 1 is 1.24 bits per heavy atom. The number of rotatable bonds is 3. The number of nitrogens with zero attached hydrogens (tertiary/aromatic N) is 5. The molecule has 0 N–H and O–H groups in total. The summed E-state index contributed by atoms with van der Waals surface area (Å²) in [6.07, 6.45) is 8.25. The van der Waals surface area contributed by atoms with Crippen molar-refractivity contribution in [1.29, 1.82) is 0 Å². The van der Waals surface area contributed by atoms with Gasteiger partial charge in [0, 0.05) is 44.1 Å². The van der Waals surface area contributed by atoms with Crippen molar-refractivity contribution in [1.82, 2.24) is 24.6 Å². The summed E-state index contributed by atoms with van der Waals surface area (Å²) in [6, 6.07) is 1.96. The van der Waals surface area contributed by atoms with E-state index in [0.717, 1.165) is 49.4 Å². The second-order valence-corrected chi connectivity index (χ2v) is 7.91. The number of aryl methyl sites for hydroxylation is 1. The van der Waals surface area contributed by atoms with E-state index in [-0.39, 0.29) is 11.3 Å².